The average molecular weight is 292 g/mol. The lowest BCUT2D eigenvalue weighted by atomic mass is 9.55. The lowest BCUT2D eigenvalue weighted by Gasteiger charge is -2.50. The third-order valence-electron chi connectivity index (χ3n) is 5.34. The molecule has 2 saturated carbocycles. The average Bonchev–Trinajstić information content (AvgIpc) is 2.41. The first-order valence-electron chi connectivity index (χ1n) is 7.52. The van der Waals surface area contributed by atoms with E-state index in [9.17, 15) is 9.59 Å². The van der Waals surface area contributed by atoms with E-state index in [1.54, 1.807) is 0 Å². The first kappa shape index (κ1) is 15.8. The fraction of sp³-hybridized carbons (Fsp3) is 0.647. The molecule has 0 radical (unpaired) electrons. The van der Waals surface area contributed by atoms with Crippen LogP contribution in [0.5, 0.6) is 0 Å². The Bertz CT molecular complexity index is 493. The summed E-state index contributed by atoms with van der Waals surface area (Å²) in [5.41, 5.74) is 1.38. The molecule has 2 aliphatic carbocycles. The van der Waals surface area contributed by atoms with Crippen LogP contribution in [0.2, 0.25) is 0 Å². The highest BCUT2D eigenvalue weighted by Gasteiger charge is 2.47. The number of carbonyl (C=O) groups is 2. The molecule has 116 valence electrons. The van der Waals surface area contributed by atoms with Gasteiger partial charge in [0.2, 0.25) is 0 Å². The molecule has 0 aromatic rings. The van der Waals surface area contributed by atoms with Crippen LogP contribution in [0, 0.1) is 17.3 Å². The van der Waals surface area contributed by atoms with Gasteiger partial charge in [-0.15, -0.1) is 0 Å². The molecular weight excluding hydrogens is 268 g/mol. The van der Waals surface area contributed by atoms with Gasteiger partial charge in [-0.25, -0.2) is 4.79 Å². The van der Waals surface area contributed by atoms with Crippen LogP contribution in [0.25, 0.3) is 0 Å². The maximum absolute atomic E-state index is 11.2. The number of aliphatic carboxylic acids is 1. The molecule has 2 fully saturated rings. The molecule has 4 unspecified atom stereocenters. The van der Waals surface area contributed by atoms with Gasteiger partial charge in [0, 0.05) is 12.5 Å². The van der Waals surface area contributed by atoms with Crippen molar-refractivity contribution in [3.8, 4) is 0 Å². The Morgan fingerprint density at radius 2 is 1.95 bits per heavy atom. The van der Waals surface area contributed by atoms with E-state index in [1.165, 1.54) is 6.92 Å². The highest BCUT2D eigenvalue weighted by atomic mass is 16.5. The number of carboxylic acid groups (broad SMARTS) is 1. The van der Waals surface area contributed by atoms with E-state index < -0.39 is 5.97 Å². The maximum atomic E-state index is 11.2. The van der Waals surface area contributed by atoms with E-state index >= 15 is 0 Å². The molecule has 0 aromatic heterocycles. The van der Waals surface area contributed by atoms with Crippen molar-refractivity contribution in [2.24, 2.45) is 17.3 Å². The molecule has 0 saturated heterocycles. The third-order valence-corrected chi connectivity index (χ3v) is 5.34. The Kier molecular flexibility index (Phi) is 4.26. The van der Waals surface area contributed by atoms with Crippen molar-refractivity contribution in [1.29, 1.82) is 0 Å². The SMILES string of the molecule is C=C(C(=O)O)C1CCC2(C)CCC(OC(C)=O)C(=C)C2C1. The number of rotatable bonds is 3. The zero-order valence-corrected chi connectivity index (χ0v) is 12.9. The number of hydrogen-bond acceptors (Lipinski definition) is 3. The van der Waals surface area contributed by atoms with Crippen LogP contribution in [0.4, 0.5) is 0 Å². The van der Waals surface area contributed by atoms with Gasteiger partial charge in [-0.05, 0) is 54.9 Å². The van der Waals surface area contributed by atoms with E-state index in [1.807, 2.05) is 0 Å². The topological polar surface area (TPSA) is 63.6 Å². The Morgan fingerprint density at radius 1 is 1.33 bits per heavy atom. The van der Waals surface area contributed by atoms with Crippen LogP contribution in [-0.2, 0) is 14.3 Å². The molecule has 0 aliphatic heterocycles. The van der Waals surface area contributed by atoms with Gasteiger partial charge in [-0.2, -0.15) is 0 Å². The van der Waals surface area contributed by atoms with E-state index in [0.717, 1.165) is 37.7 Å². The maximum Gasteiger partial charge on any atom is 0.331 e. The molecule has 0 spiro atoms. The number of ether oxygens (including phenoxy) is 1. The quantitative estimate of drug-likeness (QED) is 0.492. The zero-order chi connectivity index (χ0) is 15.8. The largest absolute Gasteiger partial charge is 0.478 e. The summed E-state index contributed by atoms with van der Waals surface area (Å²) in [6.45, 7) is 11.5. The van der Waals surface area contributed by atoms with Gasteiger partial charge >= 0.3 is 11.9 Å². The van der Waals surface area contributed by atoms with Crippen molar-refractivity contribution < 1.29 is 19.4 Å². The lowest BCUT2D eigenvalue weighted by Crippen LogP contribution is -2.44. The summed E-state index contributed by atoms with van der Waals surface area (Å²) in [5.74, 6) is -1.01. The second kappa shape index (κ2) is 5.66. The second-order valence-corrected chi connectivity index (χ2v) is 6.72. The Balaban J connectivity index is 2.16. The monoisotopic (exact) mass is 292 g/mol. The number of fused-ring (bicyclic) bond motifs is 1. The molecule has 0 aromatic carbocycles. The van der Waals surface area contributed by atoms with Crippen LogP contribution >= 0.6 is 0 Å². The second-order valence-electron chi connectivity index (χ2n) is 6.72. The number of hydrogen-bond donors (Lipinski definition) is 1. The molecule has 21 heavy (non-hydrogen) atoms. The van der Waals surface area contributed by atoms with Crippen LogP contribution in [0.1, 0.15) is 46.0 Å². The van der Waals surface area contributed by atoms with Gasteiger partial charge < -0.3 is 9.84 Å². The van der Waals surface area contributed by atoms with Crippen molar-refractivity contribution in [2.75, 3.05) is 0 Å². The van der Waals surface area contributed by atoms with E-state index in [2.05, 4.69) is 20.1 Å². The molecule has 0 amide bonds. The van der Waals surface area contributed by atoms with Crippen LogP contribution < -0.4 is 0 Å². The molecule has 2 aliphatic rings. The Hall–Kier alpha value is -1.58. The van der Waals surface area contributed by atoms with Crippen molar-refractivity contribution in [1.82, 2.24) is 0 Å². The molecule has 0 heterocycles. The normalized spacial score (nSPS) is 35.7. The van der Waals surface area contributed by atoms with Crippen molar-refractivity contribution >= 4 is 11.9 Å². The fourth-order valence-corrected chi connectivity index (χ4v) is 3.96. The summed E-state index contributed by atoms with van der Waals surface area (Å²) in [4.78, 5) is 22.3. The molecule has 1 N–H and O–H groups in total. The summed E-state index contributed by atoms with van der Waals surface area (Å²) >= 11 is 0. The van der Waals surface area contributed by atoms with E-state index in [-0.39, 0.29) is 29.3 Å². The number of carboxylic acids is 1. The molecule has 4 heteroatoms. The van der Waals surface area contributed by atoms with Crippen molar-refractivity contribution in [3.63, 3.8) is 0 Å². The minimum absolute atomic E-state index is 0.00611. The summed E-state index contributed by atoms with van der Waals surface area (Å²) in [5, 5.41) is 9.14. The van der Waals surface area contributed by atoms with Gasteiger partial charge in [0.1, 0.15) is 6.10 Å². The fourth-order valence-electron chi connectivity index (χ4n) is 3.96. The van der Waals surface area contributed by atoms with Crippen LogP contribution in [0.15, 0.2) is 24.3 Å². The smallest absolute Gasteiger partial charge is 0.331 e. The van der Waals surface area contributed by atoms with Crippen LogP contribution in [0.3, 0.4) is 0 Å². The van der Waals surface area contributed by atoms with Gasteiger partial charge in [-0.1, -0.05) is 20.1 Å². The lowest BCUT2D eigenvalue weighted by molar-refractivity contribution is -0.147. The molecule has 2 rings (SSSR count). The predicted octanol–water partition coefficient (Wildman–Crippen LogP) is 3.33. The molecular formula is C17H24O4. The van der Waals surface area contributed by atoms with Gasteiger partial charge in [0.05, 0.1) is 0 Å². The summed E-state index contributed by atoms with van der Waals surface area (Å²) in [6.07, 6.45) is 4.16. The minimum Gasteiger partial charge on any atom is -0.478 e. The van der Waals surface area contributed by atoms with Gasteiger partial charge in [-0.3, -0.25) is 4.79 Å². The van der Waals surface area contributed by atoms with Crippen molar-refractivity contribution in [3.05, 3.63) is 24.3 Å². The first-order valence-corrected chi connectivity index (χ1v) is 7.52. The molecule has 4 atom stereocenters. The summed E-state index contributed by atoms with van der Waals surface area (Å²) < 4.78 is 5.36. The number of carbonyl (C=O) groups excluding carboxylic acids is 1. The number of esters is 1. The van der Waals surface area contributed by atoms with E-state index in [0.29, 0.717) is 5.57 Å². The summed E-state index contributed by atoms with van der Waals surface area (Å²) in [7, 11) is 0. The first-order chi connectivity index (χ1) is 9.74. The van der Waals surface area contributed by atoms with Crippen molar-refractivity contribution in [2.45, 2.75) is 52.1 Å². The van der Waals surface area contributed by atoms with Gasteiger partial charge in [0.25, 0.3) is 0 Å². The molecule has 0 bridgehead atoms. The highest BCUT2D eigenvalue weighted by Crippen LogP contribution is 2.54. The Morgan fingerprint density at radius 3 is 2.52 bits per heavy atom. The summed E-state index contributed by atoms with van der Waals surface area (Å²) in [6, 6.07) is 0. The predicted molar refractivity (Wildman–Crippen MR) is 79.6 cm³/mol. The molecule has 4 nitrogen and oxygen atoms in total. The highest BCUT2D eigenvalue weighted by molar-refractivity contribution is 5.86. The minimum atomic E-state index is -0.915. The third kappa shape index (κ3) is 3.04. The Labute approximate surface area is 125 Å². The van der Waals surface area contributed by atoms with E-state index in [4.69, 9.17) is 9.84 Å². The standard InChI is InChI=1S/C17H24O4/c1-10(16(19)20)13-5-7-17(4)8-6-15(21-12(3)18)11(2)14(17)9-13/h13-15H,1-2,5-9H2,3-4H3,(H,19,20). The zero-order valence-electron chi connectivity index (χ0n) is 12.9. The van der Waals surface area contributed by atoms with Gasteiger partial charge in [0.15, 0.2) is 0 Å². The van der Waals surface area contributed by atoms with Crippen LogP contribution in [-0.4, -0.2) is 23.1 Å².